The Labute approximate surface area is 198 Å². The van der Waals surface area contributed by atoms with Crippen LogP contribution in [0.1, 0.15) is 38.2 Å². The molecule has 0 bridgehead atoms. The Kier molecular flexibility index (Phi) is 5.71. The van der Waals surface area contributed by atoms with Crippen LogP contribution in [0.25, 0.3) is 0 Å². The van der Waals surface area contributed by atoms with Gasteiger partial charge >= 0.3 is 5.97 Å². The molecule has 34 heavy (non-hydrogen) atoms. The van der Waals surface area contributed by atoms with Crippen molar-refractivity contribution >= 4 is 35.1 Å². The molecule has 1 saturated carbocycles. The zero-order valence-electron chi connectivity index (χ0n) is 19.4. The van der Waals surface area contributed by atoms with Crippen LogP contribution in [0.5, 0.6) is 5.75 Å². The van der Waals surface area contributed by atoms with Gasteiger partial charge in [0.1, 0.15) is 5.75 Å². The largest absolute Gasteiger partial charge is 0.426 e. The summed E-state index contributed by atoms with van der Waals surface area (Å²) in [5, 5.41) is 0. The van der Waals surface area contributed by atoms with E-state index in [1.807, 2.05) is 31.2 Å². The van der Waals surface area contributed by atoms with E-state index in [0.717, 1.165) is 30.5 Å². The average Bonchev–Trinajstić information content (AvgIpc) is 3.31. The molecule has 0 N–H and O–H groups in total. The lowest BCUT2D eigenvalue weighted by atomic mass is 9.76. The molecule has 2 heterocycles. The second-order valence-corrected chi connectivity index (χ2v) is 9.75. The number of imide groups is 1. The summed E-state index contributed by atoms with van der Waals surface area (Å²) in [4.78, 5) is 54.4. The van der Waals surface area contributed by atoms with Crippen molar-refractivity contribution in [3.05, 3.63) is 54.1 Å². The fraction of sp³-hybridized carbons (Fsp3) is 0.407. The molecule has 0 radical (unpaired) electrons. The van der Waals surface area contributed by atoms with Crippen LogP contribution in [0.2, 0.25) is 0 Å². The first-order chi connectivity index (χ1) is 16.3. The van der Waals surface area contributed by atoms with Crippen LogP contribution in [0.3, 0.4) is 0 Å². The van der Waals surface area contributed by atoms with Gasteiger partial charge in [0, 0.05) is 24.7 Å². The SMILES string of the molecule is Cc1ccccc1N1C[C@H](C(=O)Oc2cccc(N3C(=O)[C@H]4C[C@@H](C)CC[C@H]4C3=O)c2)CC1=O. The molecule has 0 unspecified atom stereocenters. The van der Waals surface area contributed by atoms with Gasteiger partial charge in [0.05, 0.1) is 23.4 Å². The van der Waals surface area contributed by atoms with Crippen molar-refractivity contribution in [2.24, 2.45) is 23.7 Å². The second-order valence-electron chi connectivity index (χ2n) is 9.75. The highest BCUT2D eigenvalue weighted by Crippen LogP contribution is 2.42. The minimum Gasteiger partial charge on any atom is -0.426 e. The molecular weight excluding hydrogens is 432 g/mol. The number of nitrogens with zero attached hydrogens (tertiary/aromatic N) is 2. The van der Waals surface area contributed by atoms with Gasteiger partial charge in [-0.3, -0.25) is 19.2 Å². The zero-order valence-corrected chi connectivity index (χ0v) is 19.4. The Morgan fingerprint density at radius 3 is 2.53 bits per heavy atom. The van der Waals surface area contributed by atoms with E-state index in [4.69, 9.17) is 4.74 Å². The van der Waals surface area contributed by atoms with E-state index in [9.17, 15) is 19.2 Å². The van der Waals surface area contributed by atoms with Gasteiger partial charge in [-0.1, -0.05) is 31.2 Å². The normalized spacial score (nSPS) is 26.7. The van der Waals surface area contributed by atoms with E-state index >= 15 is 0 Å². The number of fused-ring (bicyclic) bond motifs is 1. The van der Waals surface area contributed by atoms with Crippen LogP contribution in [-0.2, 0) is 19.2 Å². The molecule has 5 rings (SSSR count). The first kappa shape index (κ1) is 22.3. The van der Waals surface area contributed by atoms with Crippen LogP contribution >= 0.6 is 0 Å². The maximum absolute atomic E-state index is 13.0. The third-order valence-electron chi connectivity index (χ3n) is 7.35. The number of para-hydroxylation sites is 1. The number of aryl methyl sites for hydroxylation is 1. The van der Waals surface area contributed by atoms with Crippen LogP contribution < -0.4 is 14.5 Å². The van der Waals surface area contributed by atoms with Crippen LogP contribution in [0, 0.1) is 30.6 Å². The number of esters is 1. The fourth-order valence-electron chi connectivity index (χ4n) is 5.49. The smallest absolute Gasteiger partial charge is 0.316 e. The number of hydrogen-bond acceptors (Lipinski definition) is 5. The molecule has 2 aliphatic heterocycles. The molecule has 7 nitrogen and oxygen atoms in total. The van der Waals surface area contributed by atoms with Gasteiger partial charge in [0.15, 0.2) is 0 Å². The lowest BCUT2D eigenvalue weighted by molar-refractivity contribution is -0.139. The van der Waals surface area contributed by atoms with Crippen molar-refractivity contribution in [1.82, 2.24) is 0 Å². The van der Waals surface area contributed by atoms with E-state index < -0.39 is 11.9 Å². The van der Waals surface area contributed by atoms with Gasteiger partial charge in [-0.25, -0.2) is 4.90 Å². The van der Waals surface area contributed by atoms with Crippen molar-refractivity contribution in [2.75, 3.05) is 16.3 Å². The predicted octanol–water partition coefficient (Wildman–Crippen LogP) is 3.88. The van der Waals surface area contributed by atoms with Gasteiger partial charge in [-0.15, -0.1) is 0 Å². The molecule has 4 atom stereocenters. The summed E-state index contributed by atoms with van der Waals surface area (Å²) in [6, 6.07) is 14.1. The first-order valence-corrected chi connectivity index (χ1v) is 11.9. The molecule has 3 fully saturated rings. The predicted molar refractivity (Wildman–Crippen MR) is 126 cm³/mol. The Morgan fingerprint density at radius 1 is 0.971 bits per heavy atom. The molecule has 2 saturated heterocycles. The van der Waals surface area contributed by atoms with Crippen LogP contribution in [-0.4, -0.2) is 30.2 Å². The highest BCUT2D eigenvalue weighted by Gasteiger charge is 2.50. The van der Waals surface area contributed by atoms with Crippen molar-refractivity contribution in [2.45, 2.75) is 39.5 Å². The standard InChI is InChI=1S/C27H28N2O5/c1-16-10-11-21-22(12-16)26(32)29(25(21)31)19-7-5-8-20(14-19)34-27(33)18-13-24(30)28(15-18)23-9-4-3-6-17(23)2/h3-9,14,16,18,21-22H,10-13,15H2,1-2H3/t16-,18+,21+,22-/m0/s1. The maximum atomic E-state index is 13.0. The second kappa shape index (κ2) is 8.70. The van der Waals surface area contributed by atoms with Gasteiger partial charge in [0.25, 0.3) is 0 Å². The van der Waals surface area contributed by atoms with Crippen molar-refractivity contribution in [3.63, 3.8) is 0 Å². The molecule has 0 aromatic heterocycles. The van der Waals surface area contributed by atoms with Crippen molar-refractivity contribution in [3.8, 4) is 5.75 Å². The van der Waals surface area contributed by atoms with E-state index in [2.05, 4.69) is 6.92 Å². The van der Waals surface area contributed by atoms with Crippen molar-refractivity contribution < 1.29 is 23.9 Å². The number of carbonyl (C=O) groups excluding carboxylic acids is 4. The van der Waals surface area contributed by atoms with Gasteiger partial charge < -0.3 is 9.64 Å². The monoisotopic (exact) mass is 460 g/mol. The summed E-state index contributed by atoms with van der Waals surface area (Å²) in [7, 11) is 0. The van der Waals surface area contributed by atoms with Crippen LogP contribution in [0.4, 0.5) is 11.4 Å². The van der Waals surface area contributed by atoms with E-state index in [1.165, 1.54) is 4.90 Å². The topological polar surface area (TPSA) is 84.0 Å². The van der Waals surface area contributed by atoms with E-state index in [1.54, 1.807) is 29.2 Å². The molecule has 2 aromatic rings. The minimum atomic E-state index is -0.588. The number of hydrogen-bond donors (Lipinski definition) is 0. The molecule has 3 amide bonds. The van der Waals surface area contributed by atoms with Gasteiger partial charge in [0.2, 0.25) is 17.7 Å². The fourth-order valence-corrected chi connectivity index (χ4v) is 5.49. The highest BCUT2D eigenvalue weighted by molar-refractivity contribution is 6.22. The summed E-state index contributed by atoms with van der Waals surface area (Å²) >= 11 is 0. The summed E-state index contributed by atoms with van der Waals surface area (Å²) in [6.45, 7) is 4.30. The van der Waals surface area contributed by atoms with Crippen LogP contribution in [0.15, 0.2) is 48.5 Å². The Hall–Kier alpha value is -3.48. The summed E-state index contributed by atoms with van der Waals surface area (Å²) in [5.74, 6) is -1.37. The Balaban J connectivity index is 1.30. The average molecular weight is 461 g/mol. The molecule has 1 aliphatic carbocycles. The first-order valence-electron chi connectivity index (χ1n) is 11.9. The number of benzene rings is 2. The Morgan fingerprint density at radius 2 is 1.74 bits per heavy atom. The number of carbonyl (C=O) groups is 4. The summed E-state index contributed by atoms with van der Waals surface area (Å²) < 4.78 is 5.60. The van der Waals surface area contributed by atoms with Gasteiger partial charge in [-0.05, 0) is 55.9 Å². The number of ether oxygens (including phenoxy) is 1. The third-order valence-corrected chi connectivity index (χ3v) is 7.35. The molecule has 3 aliphatic rings. The van der Waals surface area contributed by atoms with E-state index in [0.29, 0.717) is 11.6 Å². The van der Waals surface area contributed by atoms with E-state index in [-0.39, 0.29) is 48.3 Å². The summed E-state index contributed by atoms with van der Waals surface area (Å²) in [5.41, 5.74) is 2.19. The highest BCUT2D eigenvalue weighted by atomic mass is 16.5. The molecule has 0 spiro atoms. The number of amides is 3. The van der Waals surface area contributed by atoms with Gasteiger partial charge in [-0.2, -0.15) is 0 Å². The molecule has 7 heteroatoms. The maximum Gasteiger partial charge on any atom is 0.316 e. The Bertz CT molecular complexity index is 1180. The molecular formula is C27H28N2O5. The number of rotatable bonds is 4. The lowest BCUT2D eigenvalue weighted by Crippen LogP contribution is -2.31. The van der Waals surface area contributed by atoms with Crippen molar-refractivity contribution in [1.29, 1.82) is 0 Å². The summed E-state index contributed by atoms with van der Waals surface area (Å²) in [6.07, 6.45) is 2.49. The molecule has 176 valence electrons. The number of anilines is 2. The zero-order chi connectivity index (χ0) is 24.0. The molecule has 2 aromatic carbocycles. The minimum absolute atomic E-state index is 0.0809. The lowest BCUT2D eigenvalue weighted by Gasteiger charge is -2.25. The third kappa shape index (κ3) is 3.89. The quantitative estimate of drug-likeness (QED) is 0.393.